The second kappa shape index (κ2) is 9.49. The number of nitrogens with one attached hydrogen (secondary N) is 1. The molecule has 0 amide bonds. The second-order valence-electron chi connectivity index (χ2n) is 5.61. The Kier molecular flexibility index (Phi) is 8.37. The van der Waals surface area contributed by atoms with E-state index in [0.29, 0.717) is 11.7 Å². The maximum atomic E-state index is 11.4. The smallest absolute Gasteiger partial charge is 0.150 e. The standard InChI is InChI=1S/C16H27NO2S2/c1-4-21(18,19)10-6-9-20-16-8-5-7-15(11-16)13-17-12-14(2)3/h5,7-8,11,14,17H,4,6,9-10,12-13H2,1-3H3. The Morgan fingerprint density at radius 1 is 1.29 bits per heavy atom. The summed E-state index contributed by atoms with van der Waals surface area (Å²) in [4.78, 5) is 1.22. The van der Waals surface area contributed by atoms with Gasteiger partial charge in [0.25, 0.3) is 0 Å². The molecule has 5 heteroatoms. The quantitative estimate of drug-likeness (QED) is 0.528. The van der Waals surface area contributed by atoms with Crippen LogP contribution < -0.4 is 5.32 Å². The number of benzene rings is 1. The third kappa shape index (κ3) is 8.49. The lowest BCUT2D eigenvalue weighted by molar-refractivity contribution is 0.552. The Balaban J connectivity index is 2.35. The van der Waals surface area contributed by atoms with E-state index in [1.807, 2.05) is 0 Å². The molecule has 0 saturated carbocycles. The SMILES string of the molecule is CCS(=O)(=O)CCCSc1cccc(CNCC(C)C)c1. The highest BCUT2D eigenvalue weighted by Crippen LogP contribution is 2.20. The van der Waals surface area contributed by atoms with Gasteiger partial charge in [-0.15, -0.1) is 11.8 Å². The molecule has 0 atom stereocenters. The highest BCUT2D eigenvalue weighted by atomic mass is 32.2. The third-order valence-electron chi connectivity index (χ3n) is 3.09. The van der Waals surface area contributed by atoms with E-state index in [1.54, 1.807) is 18.7 Å². The van der Waals surface area contributed by atoms with E-state index in [0.717, 1.165) is 25.3 Å². The summed E-state index contributed by atoms with van der Waals surface area (Å²) in [6.45, 7) is 8.01. The molecular formula is C16H27NO2S2. The number of rotatable bonds is 10. The molecule has 0 aliphatic rings. The van der Waals surface area contributed by atoms with Crippen molar-refractivity contribution in [3.05, 3.63) is 29.8 Å². The highest BCUT2D eigenvalue weighted by molar-refractivity contribution is 7.99. The van der Waals surface area contributed by atoms with Crippen LogP contribution in [0.15, 0.2) is 29.2 Å². The molecule has 120 valence electrons. The van der Waals surface area contributed by atoms with Crippen LogP contribution in [-0.2, 0) is 16.4 Å². The molecule has 0 unspecified atom stereocenters. The molecule has 0 saturated heterocycles. The summed E-state index contributed by atoms with van der Waals surface area (Å²) >= 11 is 1.73. The molecule has 0 aliphatic carbocycles. The highest BCUT2D eigenvalue weighted by Gasteiger charge is 2.06. The van der Waals surface area contributed by atoms with Gasteiger partial charge in [-0.25, -0.2) is 8.42 Å². The second-order valence-corrected chi connectivity index (χ2v) is 9.25. The van der Waals surface area contributed by atoms with Crippen molar-refractivity contribution in [1.29, 1.82) is 0 Å². The summed E-state index contributed by atoms with van der Waals surface area (Å²) in [6.07, 6.45) is 0.719. The van der Waals surface area contributed by atoms with E-state index in [4.69, 9.17) is 0 Å². The van der Waals surface area contributed by atoms with Gasteiger partial charge in [-0.05, 0) is 42.3 Å². The van der Waals surface area contributed by atoms with Gasteiger partial charge in [0.05, 0.1) is 5.75 Å². The van der Waals surface area contributed by atoms with Gasteiger partial charge in [0, 0.05) is 17.2 Å². The van der Waals surface area contributed by atoms with Crippen LogP contribution >= 0.6 is 11.8 Å². The molecule has 0 fully saturated rings. The number of hydrogen-bond donors (Lipinski definition) is 1. The first-order valence-corrected chi connectivity index (χ1v) is 10.4. The normalized spacial score (nSPS) is 12.0. The van der Waals surface area contributed by atoms with Gasteiger partial charge < -0.3 is 5.32 Å². The molecule has 0 aromatic heterocycles. The summed E-state index contributed by atoms with van der Waals surface area (Å²) < 4.78 is 22.8. The summed E-state index contributed by atoms with van der Waals surface area (Å²) in [5.41, 5.74) is 1.28. The zero-order valence-electron chi connectivity index (χ0n) is 13.3. The fraction of sp³-hybridized carbons (Fsp3) is 0.625. The Hall–Kier alpha value is -0.520. The van der Waals surface area contributed by atoms with Gasteiger partial charge in [-0.3, -0.25) is 0 Å². The Morgan fingerprint density at radius 3 is 2.71 bits per heavy atom. The van der Waals surface area contributed by atoms with Crippen LogP contribution in [0, 0.1) is 5.92 Å². The lowest BCUT2D eigenvalue weighted by atomic mass is 10.2. The Morgan fingerprint density at radius 2 is 2.05 bits per heavy atom. The van der Waals surface area contributed by atoms with E-state index in [9.17, 15) is 8.42 Å². The van der Waals surface area contributed by atoms with Gasteiger partial charge in [0.1, 0.15) is 9.84 Å². The van der Waals surface area contributed by atoms with Gasteiger partial charge in [-0.1, -0.05) is 32.9 Å². The van der Waals surface area contributed by atoms with E-state index < -0.39 is 9.84 Å². The van der Waals surface area contributed by atoms with E-state index in [-0.39, 0.29) is 5.75 Å². The summed E-state index contributed by atoms with van der Waals surface area (Å²) in [6, 6.07) is 8.47. The number of hydrogen-bond acceptors (Lipinski definition) is 4. The fourth-order valence-electron chi connectivity index (χ4n) is 1.86. The molecule has 0 aliphatic heterocycles. The molecule has 0 radical (unpaired) electrons. The maximum absolute atomic E-state index is 11.4. The molecule has 21 heavy (non-hydrogen) atoms. The zero-order valence-corrected chi connectivity index (χ0v) is 14.9. The van der Waals surface area contributed by atoms with Crippen LogP contribution in [0.5, 0.6) is 0 Å². The molecule has 0 spiro atoms. The molecule has 1 aromatic rings. The van der Waals surface area contributed by atoms with E-state index in [1.165, 1.54) is 10.5 Å². The van der Waals surface area contributed by atoms with Crippen LogP contribution in [0.2, 0.25) is 0 Å². The van der Waals surface area contributed by atoms with E-state index in [2.05, 4.69) is 43.4 Å². The van der Waals surface area contributed by atoms with Crippen molar-refractivity contribution >= 4 is 21.6 Å². The summed E-state index contributed by atoms with van der Waals surface area (Å²) in [5.74, 6) is 2.05. The van der Waals surface area contributed by atoms with E-state index >= 15 is 0 Å². The van der Waals surface area contributed by atoms with Crippen LogP contribution in [-0.4, -0.2) is 32.2 Å². The molecule has 3 nitrogen and oxygen atoms in total. The third-order valence-corrected chi connectivity index (χ3v) is 5.96. The minimum absolute atomic E-state index is 0.245. The average Bonchev–Trinajstić information content (AvgIpc) is 2.44. The predicted octanol–water partition coefficient (Wildman–Crippen LogP) is 3.35. The first-order chi connectivity index (χ1) is 9.93. The zero-order chi connectivity index (χ0) is 15.7. The van der Waals surface area contributed by atoms with Crippen molar-refractivity contribution in [2.24, 2.45) is 5.92 Å². The largest absolute Gasteiger partial charge is 0.312 e. The minimum Gasteiger partial charge on any atom is -0.312 e. The molecule has 1 aromatic carbocycles. The Bertz CT molecular complexity index is 513. The minimum atomic E-state index is -2.83. The van der Waals surface area contributed by atoms with Crippen LogP contribution in [0.3, 0.4) is 0 Å². The first kappa shape index (κ1) is 18.5. The maximum Gasteiger partial charge on any atom is 0.150 e. The lowest BCUT2D eigenvalue weighted by Gasteiger charge is -2.09. The topological polar surface area (TPSA) is 46.2 Å². The predicted molar refractivity (Wildman–Crippen MR) is 92.7 cm³/mol. The van der Waals surface area contributed by atoms with Gasteiger partial charge >= 0.3 is 0 Å². The first-order valence-electron chi connectivity index (χ1n) is 7.56. The summed E-state index contributed by atoms with van der Waals surface area (Å²) in [7, 11) is -2.83. The van der Waals surface area contributed by atoms with Crippen molar-refractivity contribution in [3.8, 4) is 0 Å². The number of thioether (sulfide) groups is 1. The van der Waals surface area contributed by atoms with Crippen molar-refractivity contribution in [1.82, 2.24) is 5.32 Å². The molecule has 0 heterocycles. The average molecular weight is 330 g/mol. The lowest BCUT2D eigenvalue weighted by Crippen LogP contribution is -2.18. The van der Waals surface area contributed by atoms with Gasteiger partial charge in [0.2, 0.25) is 0 Å². The van der Waals surface area contributed by atoms with Crippen molar-refractivity contribution in [3.63, 3.8) is 0 Å². The van der Waals surface area contributed by atoms with Crippen molar-refractivity contribution in [2.75, 3.05) is 23.8 Å². The van der Waals surface area contributed by atoms with Crippen LogP contribution in [0.25, 0.3) is 0 Å². The Labute approximate surface area is 133 Å². The number of sulfone groups is 1. The van der Waals surface area contributed by atoms with Crippen molar-refractivity contribution in [2.45, 2.75) is 38.6 Å². The monoisotopic (exact) mass is 329 g/mol. The fourth-order valence-corrected chi connectivity index (χ4v) is 3.85. The van der Waals surface area contributed by atoms with Crippen LogP contribution in [0.1, 0.15) is 32.8 Å². The van der Waals surface area contributed by atoms with Gasteiger partial charge in [0.15, 0.2) is 0 Å². The van der Waals surface area contributed by atoms with Crippen LogP contribution in [0.4, 0.5) is 0 Å². The van der Waals surface area contributed by atoms with Gasteiger partial charge in [-0.2, -0.15) is 0 Å². The molecule has 0 bridgehead atoms. The molecule has 1 N–H and O–H groups in total. The molecular weight excluding hydrogens is 302 g/mol. The molecule has 1 rings (SSSR count). The van der Waals surface area contributed by atoms with Crippen molar-refractivity contribution < 1.29 is 8.42 Å². The summed E-state index contributed by atoms with van der Waals surface area (Å²) in [5, 5.41) is 3.43.